The van der Waals surface area contributed by atoms with E-state index in [1.165, 1.54) is 115 Å². The van der Waals surface area contributed by atoms with Crippen molar-refractivity contribution in [2.45, 2.75) is 12.8 Å². The molecular formula is C61H42N4. The van der Waals surface area contributed by atoms with Crippen LogP contribution in [-0.2, 0) is 7.05 Å². The Kier molecular flexibility index (Phi) is 7.70. The van der Waals surface area contributed by atoms with Crippen molar-refractivity contribution in [2.75, 3.05) is 0 Å². The van der Waals surface area contributed by atoms with Gasteiger partial charge in [0.1, 0.15) is 0 Å². The standard InChI is InChI=1S/C61H42N4/c1-62-54-21-11-8-20-48(54)52-37-44(27-32-55(52)62)65-60-31-26-42(36-51(60)53-38-45(28-33-61(53)65)64-56-22-12-9-18-46(56)47-19-10-13-23-57(47)64)41-25-30-59-50(35-41)49-34-40(39-14-4-2-5-15-39)24-29-58(49)63(59)43-16-6-3-7-17-43/h2-6,8-16,18-38H,7,17H2,1H3. The highest BCUT2D eigenvalue weighted by Gasteiger charge is 2.20. The summed E-state index contributed by atoms with van der Waals surface area (Å²) in [4.78, 5) is 0. The lowest BCUT2D eigenvalue weighted by Crippen LogP contribution is -1.98. The van der Waals surface area contributed by atoms with Crippen LogP contribution in [0.3, 0.4) is 0 Å². The Bertz CT molecular complexity index is 4130. The van der Waals surface area contributed by atoms with Gasteiger partial charge in [-0.15, -0.1) is 0 Å². The second-order valence-electron chi connectivity index (χ2n) is 17.7. The minimum absolute atomic E-state index is 1.02. The molecule has 13 aromatic rings. The van der Waals surface area contributed by atoms with E-state index in [2.05, 4.69) is 238 Å². The van der Waals surface area contributed by atoms with E-state index in [0.717, 1.165) is 24.2 Å². The molecule has 0 aliphatic heterocycles. The molecule has 4 heteroatoms. The molecule has 0 fully saturated rings. The zero-order valence-electron chi connectivity index (χ0n) is 35.9. The fraction of sp³-hybridized carbons (Fsp3) is 0.0492. The van der Waals surface area contributed by atoms with Gasteiger partial charge in [-0.1, -0.05) is 115 Å². The molecule has 0 spiro atoms. The maximum Gasteiger partial charge on any atom is 0.0542 e. The van der Waals surface area contributed by atoms with Crippen LogP contribution in [0.5, 0.6) is 0 Å². The van der Waals surface area contributed by atoms with Crippen LogP contribution >= 0.6 is 0 Å². The summed E-state index contributed by atoms with van der Waals surface area (Å²) in [6, 6.07) is 72.3. The highest BCUT2D eigenvalue weighted by molar-refractivity contribution is 6.16. The minimum Gasteiger partial charge on any atom is -0.344 e. The molecule has 1 aliphatic rings. The molecule has 65 heavy (non-hydrogen) atoms. The van der Waals surface area contributed by atoms with Crippen LogP contribution in [0.4, 0.5) is 0 Å². The number of aryl methyl sites for hydroxylation is 1. The molecular weight excluding hydrogens is 789 g/mol. The number of hydrogen-bond donors (Lipinski definition) is 0. The van der Waals surface area contributed by atoms with Crippen LogP contribution in [0.25, 0.3) is 127 Å². The Morgan fingerprint density at radius 2 is 0.723 bits per heavy atom. The molecule has 306 valence electrons. The van der Waals surface area contributed by atoms with Crippen LogP contribution in [-0.4, -0.2) is 18.3 Å². The first-order valence-corrected chi connectivity index (χ1v) is 22.7. The summed E-state index contributed by atoms with van der Waals surface area (Å²) in [5, 5.41) is 10.1. The summed E-state index contributed by atoms with van der Waals surface area (Å²) >= 11 is 0. The first kappa shape index (κ1) is 36.2. The van der Waals surface area contributed by atoms with Crippen LogP contribution in [0, 0.1) is 0 Å². The Morgan fingerprint density at radius 3 is 1.28 bits per heavy atom. The average Bonchev–Trinajstić information content (AvgIpc) is 4.08. The zero-order valence-corrected chi connectivity index (χ0v) is 35.9. The van der Waals surface area contributed by atoms with E-state index < -0.39 is 0 Å². The third-order valence-electron chi connectivity index (χ3n) is 14.2. The molecule has 1 aliphatic carbocycles. The molecule has 4 aromatic heterocycles. The summed E-state index contributed by atoms with van der Waals surface area (Å²) in [6.07, 6.45) is 8.83. The molecule has 0 N–H and O–H groups in total. The number of hydrogen-bond acceptors (Lipinski definition) is 0. The maximum atomic E-state index is 2.49. The van der Waals surface area contributed by atoms with Gasteiger partial charge in [-0.05, 0) is 132 Å². The molecule has 14 rings (SSSR count). The minimum atomic E-state index is 1.02. The van der Waals surface area contributed by atoms with Gasteiger partial charge in [0.05, 0.1) is 33.1 Å². The fourth-order valence-corrected chi connectivity index (χ4v) is 11.2. The van der Waals surface area contributed by atoms with E-state index >= 15 is 0 Å². The SMILES string of the molecule is Cn1c2ccccc2c2cc(-n3c4ccc(-c5ccc6c(c5)c5cc(-c7ccccc7)ccc5n6C5=CC=CCC5)cc4c4cc(-n5c6ccccc6c6ccccc65)ccc43)ccc21. The van der Waals surface area contributed by atoms with Gasteiger partial charge in [-0.25, -0.2) is 0 Å². The van der Waals surface area contributed by atoms with E-state index in [1.54, 1.807) is 0 Å². The van der Waals surface area contributed by atoms with Crippen LogP contribution in [0.1, 0.15) is 12.8 Å². The molecule has 9 aromatic carbocycles. The summed E-state index contributed by atoms with van der Waals surface area (Å²) < 4.78 is 9.71. The Labute approximate surface area is 375 Å². The smallest absolute Gasteiger partial charge is 0.0542 e. The van der Waals surface area contributed by atoms with E-state index in [1.807, 2.05) is 0 Å². The predicted octanol–water partition coefficient (Wildman–Crippen LogP) is 16.2. The predicted molar refractivity (Wildman–Crippen MR) is 276 cm³/mol. The van der Waals surface area contributed by atoms with E-state index in [4.69, 9.17) is 0 Å². The van der Waals surface area contributed by atoms with Crippen molar-refractivity contribution in [3.63, 3.8) is 0 Å². The first-order chi connectivity index (χ1) is 32.2. The topological polar surface area (TPSA) is 19.7 Å². The van der Waals surface area contributed by atoms with Crippen molar-refractivity contribution < 1.29 is 0 Å². The third-order valence-corrected chi connectivity index (χ3v) is 14.2. The Morgan fingerprint density at radius 1 is 0.323 bits per heavy atom. The van der Waals surface area contributed by atoms with Gasteiger partial charge in [0.15, 0.2) is 0 Å². The van der Waals surface area contributed by atoms with Crippen molar-refractivity contribution in [1.82, 2.24) is 18.3 Å². The van der Waals surface area contributed by atoms with Crippen molar-refractivity contribution in [3.8, 4) is 33.6 Å². The van der Waals surface area contributed by atoms with Crippen LogP contribution < -0.4 is 0 Å². The van der Waals surface area contributed by atoms with E-state index in [9.17, 15) is 0 Å². The monoisotopic (exact) mass is 830 g/mol. The van der Waals surface area contributed by atoms with Crippen LogP contribution in [0.2, 0.25) is 0 Å². The summed E-state index contributed by atoms with van der Waals surface area (Å²) in [7, 11) is 2.17. The fourth-order valence-electron chi connectivity index (χ4n) is 11.2. The zero-order chi connectivity index (χ0) is 42.8. The van der Waals surface area contributed by atoms with Gasteiger partial charge >= 0.3 is 0 Å². The quantitative estimate of drug-likeness (QED) is 0.165. The number of allylic oxidation sites excluding steroid dienone is 4. The Hall–Kier alpha value is -8.34. The number of aromatic nitrogens is 4. The number of para-hydroxylation sites is 3. The molecule has 0 saturated heterocycles. The highest BCUT2D eigenvalue weighted by atomic mass is 15.0. The first-order valence-electron chi connectivity index (χ1n) is 22.7. The lowest BCUT2D eigenvalue weighted by atomic mass is 9.99. The largest absolute Gasteiger partial charge is 0.344 e. The number of fused-ring (bicyclic) bond motifs is 12. The van der Waals surface area contributed by atoms with Gasteiger partial charge in [-0.2, -0.15) is 0 Å². The second kappa shape index (κ2) is 13.8. The number of nitrogens with zero attached hydrogens (tertiary/aromatic N) is 4. The number of benzene rings is 9. The van der Waals surface area contributed by atoms with Crippen molar-refractivity contribution in [1.29, 1.82) is 0 Å². The normalized spacial score (nSPS) is 13.2. The molecule has 0 unspecified atom stereocenters. The van der Waals surface area contributed by atoms with Gasteiger partial charge < -0.3 is 18.3 Å². The van der Waals surface area contributed by atoms with Crippen molar-refractivity contribution >= 4 is 92.9 Å². The molecule has 0 saturated carbocycles. The highest BCUT2D eigenvalue weighted by Crippen LogP contribution is 2.42. The van der Waals surface area contributed by atoms with Crippen molar-refractivity contribution in [3.05, 3.63) is 212 Å². The lowest BCUT2D eigenvalue weighted by Gasteiger charge is -2.14. The van der Waals surface area contributed by atoms with Gasteiger partial charge in [0.2, 0.25) is 0 Å². The van der Waals surface area contributed by atoms with Gasteiger partial charge in [0, 0.05) is 78.2 Å². The van der Waals surface area contributed by atoms with Gasteiger partial charge in [0.25, 0.3) is 0 Å². The lowest BCUT2D eigenvalue weighted by molar-refractivity contribution is 0.979. The molecule has 0 atom stereocenters. The van der Waals surface area contributed by atoms with E-state index in [0.29, 0.717) is 0 Å². The van der Waals surface area contributed by atoms with Crippen molar-refractivity contribution in [2.24, 2.45) is 7.05 Å². The Balaban J connectivity index is 1.01. The summed E-state index contributed by atoms with van der Waals surface area (Å²) in [5.74, 6) is 0. The molecule has 0 radical (unpaired) electrons. The van der Waals surface area contributed by atoms with E-state index in [-0.39, 0.29) is 0 Å². The average molecular weight is 831 g/mol. The summed E-state index contributed by atoms with van der Waals surface area (Å²) in [5.41, 5.74) is 18.3. The summed E-state index contributed by atoms with van der Waals surface area (Å²) in [6.45, 7) is 0. The molecule has 0 amide bonds. The number of rotatable bonds is 5. The van der Waals surface area contributed by atoms with Crippen LogP contribution in [0.15, 0.2) is 212 Å². The molecule has 4 nitrogen and oxygen atoms in total. The van der Waals surface area contributed by atoms with Gasteiger partial charge in [-0.3, -0.25) is 0 Å². The molecule has 4 heterocycles. The maximum absolute atomic E-state index is 2.49. The second-order valence-corrected chi connectivity index (χ2v) is 17.7. The third kappa shape index (κ3) is 5.31. The molecule has 0 bridgehead atoms.